The van der Waals surface area contributed by atoms with Crippen molar-refractivity contribution in [3.8, 4) is 0 Å². The summed E-state index contributed by atoms with van der Waals surface area (Å²) in [6.07, 6.45) is 5.69. The predicted molar refractivity (Wildman–Crippen MR) is 55.4 cm³/mol. The van der Waals surface area contributed by atoms with Crippen molar-refractivity contribution in [2.24, 2.45) is 0 Å². The molecule has 2 nitrogen and oxygen atoms in total. The van der Waals surface area contributed by atoms with Gasteiger partial charge in [-0.25, -0.2) is 0 Å². The van der Waals surface area contributed by atoms with Gasteiger partial charge >= 0.3 is 0 Å². The van der Waals surface area contributed by atoms with Crippen LogP contribution >= 0.6 is 0 Å². The molecule has 0 aliphatic carbocycles. The van der Waals surface area contributed by atoms with Gasteiger partial charge in [-0.1, -0.05) is 26.7 Å². The average Bonchev–Trinajstić information content (AvgIpc) is 2.11. The molecular weight excluding hydrogens is 170 g/mol. The minimum Gasteiger partial charge on any atom is -0.598 e. The topological polar surface area (TPSA) is 35.1 Å². The molecule has 0 aromatic carbocycles. The Hall–Kier alpha value is 0.270. The molecule has 0 aliphatic heterocycles. The van der Waals surface area contributed by atoms with Crippen LogP contribution in [0, 0.1) is 0 Å². The van der Waals surface area contributed by atoms with Gasteiger partial charge in [0.2, 0.25) is 0 Å². The second-order valence-corrected chi connectivity index (χ2v) is 4.72. The van der Waals surface area contributed by atoms with Gasteiger partial charge in [0.25, 0.3) is 0 Å². The van der Waals surface area contributed by atoms with Crippen molar-refractivity contribution in [3.63, 3.8) is 0 Å². The van der Waals surface area contributed by atoms with Gasteiger partial charge in [-0.2, -0.15) is 0 Å². The Bertz CT molecular complexity index is 101. The lowest BCUT2D eigenvalue weighted by molar-refractivity contribution is 0.540. The van der Waals surface area contributed by atoms with E-state index in [9.17, 15) is 4.55 Å². The van der Waals surface area contributed by atoms with Crippen LogP contribution in [0.15, 0.2) is 0 Å². The van der Waals surface area contributed by atoms with Gasteiger partial charge < -0.3 is 4.55 Å². The molecule has 0 spiro atoms. The molecule has 0 heterocycles. The molecule has 0 aliphatic rings. The molecule has 3 heteroatoms. The van der Waals surface area contributed by atoms with E-state index >= 15 is 0 Å². The summed E-state index contributed by atoms with van der Waals surface area (Å²) < 4.78 is 14.2. The van der Waals surface area contributed by atoms with E-state index in [1.165, 1.54) is 12.8 Å². The molecule has 2 unspecified atom stereocenters. The van der Waals surface area contributed by atoms with E-state index in [4.69, 9.17) is 0 Å². The van der Waals surface area contributed by atoms with Crippen LogP contribution in [-0.2, 0) is 11.4 Å². The standard InChI is InChI=1S/C9H21NOS/c1-4-6-8-9(7-5-2)12(11)10-3/h9-10H,4-8H2,1-3H3. The number of rotatable bonds is 7. The average molecular weight is 191 g/mol. The summed E-state index contributed by atoms with van der Waals surface area (Å²) in [6.45, 7) is 4.32. The van der Waals surface area contributed by atoms with Gasteiger partial charge in [-0.15, -0.1) is 4.72 Å². The Morgan fingerprint density at radius 3 is 2.33 bits per heavy atom. The number of hydrogen-bond donors (Lipinski definition) is 1. The maximum Gasteiger partial charge on any atom is 0.135 e. The molecule has 74 valence electrons. The molecule has 0 radical (unpaired) electrons. The highest BCUT2D eigenvalue weighted by Gasteiger charge is 2.19. The van der Waals surface area contributed by atoms with Gasteiger partial charge in [-0.05, 0) is 19.3 Å². The zero-order chi connectivity index (χ0) is 9.40. The van der Waals surface area contributed by atoms with Crippen molar-refractivity contribution < 1.29 is 4.55 Å². The molecule has 0 aromatic heterocycles. The zero-order valence-electron chi connectivity index (χ0n) is 8.43. The van der Waals surface area contributed by atoms with E-state index in [-0.39, 0.29) is 0 Å². The molecule has 0 fully saturated rings. The molecule has 0 rings (SSSR count). The summed E-state index contributed by atoms with van der Waals surface area (Å²) in [5.74, 6) is 0. The first-order valence-electron chi connectivity index (χ1n) is 4.84. The first kappa shape index (κ1) is 12.3. The van der Waals surface area contributed by atoms with E-state index in [2.05, 4.69) is 18.6 Å². The maximum atomic E-state index is 11.4. The van der Waals surface area contributed by atoms with E-state index < -0.39 is 11.4 Å². The van der Waals surface area contributed by atoms with Gasteiger partial charge in [0, 0.05) is 18.4 Å². The smallest absolute Gasteiger partial charge is 0.135 e. The van der Waals surface area contributed by atoms with Crippen molar-refractivity contribution in [2.45, 2.75) is 51.2 Å². The van der Waals surface area contributed by atoms with Crippen molar-refractivity contribution in [2.75, 3.05) is 7.05 Å². The molecule has 0 amide bonds. The summed E-state index contributed by atoms with van der Waals surface area (Å²) in [5, 5.41) is 0.361. The van der Waals surface area contributed by atoms with Crippen molar-refractivity contribution >= 4 is 11.4 Å². The SMILES string of the molecule is CCCCC(CCC)[S+]([O-])NC. The molecule has 2 atom stereocenters. The van der Waals surface area contributed by atoms with Crippen LogP contribution < -0.4 is 4.72 Å². The number of nitrogens with one attached hydrogen (secondary N) is 1. The third-order valence-electron chi connectivity index (χ3n) is 1.99. The zero-order valence-corrected chi connectivity index (χ0v) is 9.25. The first-order valence-corrected chi connectivity index (χ1v) is 6.05. The van der Waals surface area contributed by atoms with Gasteiger partial charge in [0.15, 0.2) is 0 Å². The Balaban J connectivity index is 3.68. The molecule has 1 N–H and O–H groups in total. The first-order chi connectivity index (χ1) is 5.76. The number of unbranched alkanes of at least 4 members (excludes halogenated alkanes) is 1. The highest BCUT2D eigenvalue weighted by molar-refractivity contribution is 7.90. The van der Waals surface area contributed by atoms with Gasteiger partial charge in [0.1, 0.15) is 5.25 Å². The summed E-state index contributed by atoms with van der Waals surface area (Å²) in [6, 6.07) is 0. The Labute approximate surface area is 79.4 Å². The van der Waals surface area contributed by atoms with E-state index in [0.717, 1.165) is 19.3 Å². The fourth-order valence-electron chi connectivity index (χ4n) is 1.28. The summed E-state index contributed by atoms with van der Waals surface area (Å²) in [7, 11) is 1.77. The van der Waals surface area contributed by atoms with Crippen LogP contribution in [0.1, 0.15) is 46.0 Å². The second-order valence-electron chi connectivity index (χ2n) is 3.05. The quantitative estimate of drug-likeness (QED) is 0.626. The van der Waals surface area contributed by atoms with E-state index in [1.54, 1.807) is 7.05 Å². The molecule has 0 bridgehead atoms. The van der Waals surface area contributed by atoms with Crippen molar-refractivity contribution in [3.05, 3.63) is 0 Å². The van der Waals surface area contributed by atoms with E-state index in [1.807, 2.05) is 0 Å². The van der Waals surface area contributed by atoms with Crippen LogP contribution in [0.5, 0.6) is 0 Å². The van der Waals surface area contributed by atoms with Crippen LogP contribution in [-0.4, -0.2) is 16.9 Å². The molecule has 0 saturated carbocycles. The largest absolute Gasteiger partial charge is 0.598 e. The minimum atomic E-state index is -0.816. The molecule has 12 heavy (non-hydrogen) atoms. The lowest BCUT2D eigenvalue weighted by atomic mass is 10.1. The number of hydrogen-bond acceptors (Lipinski definition) is 2. The van der Waals surface area contributed by atoms with Crippen molar-refractivity contribution in [1.29, 1.82) is 0 Å². The van der Waals surface area contributed by atoms with Crippen LogP contribution in [0.4, 0.5) is 0 Å². The monoisotopic (exact) mass is 191 g/mol. The van der Waals surface area contributed by atoms with E-state index in [0.29, 0.717) is 5.25 Å². The molecular formula is C9H21NOS. The molecule has 0 saturated heterocycles. The Morgan fingerprint density at radius 1 is 1.25 bits per heavy atom. The highest BCUT2D eigenvalue weighted by Crippen LogP contribution is 2.14. The molecule has 0 aromatic rings. The summed E-state index contributed by atoms with van der Waals surface area (Å²) in [4.78, 5) is 0. The predicted octanol–water partition coefficient (Wildman–Crippen LogP) is 2.23. The summed E-state index contributed by atoms with van der Waals surface area (Å²) >= 11 is -0.816. The fraction of sp³-hybridized carbons (Fsp3) is 1.00. The van der Waals surface area contributed by atoms with Crippen LogP contribution in [0.3, 0.4) is 0 Å². The lowest BCUT2D eigenvalue weighted by Gasteiger charge is -2.18. The van der Waals surface area contributed by atoms with Gasteiger partial charge in [0.05, 0.1) is 0 Å². The maximum absolute atomic E-state index is 11.4. The van der Waals surface area contributed by atoms with Crippen LogP contribution in [0.25, 0.3) is 0 Å². The Kier molecular flexibility index (Phi) is 8.07. The third kappa shape index (κ3) is 5.01. The Morgan fingerprint density at radius 2 is 1.92 bits per heavy atom. The summed E-state index contributed by atoms with van der Waals surface area (Å²) in [5.41, 5.74) is 0. The minimum absolute atomic E-state index is 0.361. The van der Waals surface area contributed by atoms with Crippen molar-refractivity contribution in [1.82, 2.24) is 4.72 Å². The third-order valence-corrected chi connectivity index (χ3v) is 3.47. The highest BCUT2D eigenvalue weighted by atomic mass is 32.2. The van der Waals surface area contributed by atoms with Crippen LogP contribution in [0.2, 0.25) is 0 Å². The normalized spacial score (nSPS) is 16.0. The lowest BCUT2D eigenvalue weighted by Crippen LogP contribution is -2.31. The van der Waals surface area contributed by atoms with Gasteiger partial charge in [-0.3, -0.25) is 0 Å². The fourth-order valence-corrected chi connectivity index (χ4v) is 2.44. The second kappa shape index (κ2) is 7.90.